The largest absolute Gasteiger partial charge is 0.354 e. The molecule has 2 aliphatic rings. The van der Waals surface area contributed by atoms with Gasteiger partial charge < -0.3 is 14.7 Å². The third-order valence-corrected chi connectivity index (χ3v) is 5.19. The van der Waals surface area contributed by atoms with Crippen molar-refractivity contribution in [2.45, 2.75) is 19.9 Å². The fourth-order valence-electron chi connectivity index (χ4n) is 3.63. The van der Waals surface area contributed by atoms with E-state index in [1.54, 1.807) is 0 Å². The van der Waals surface area contributed by atoms with E-state index in [0.29, 0.717) is 0 Å². The smallest absolute Gasteiger partial charge is 0.227 e. The number of nitrogens with zero attached hydrogens (tertiary/aromatic N) is 5. The van der Waals surface area contributed by atoms with Crippen molar-refractivity contribution in [3.05, 3.63) is 47.7 Å². The minimum absolute atomic E-state index is 0.861. The Kier molecular flexibility index (Phi) is 4.34. The number of fused-ring (bicyclic) bond motifs is 1. The van der Waals surface area contributed by atoms with E-state index in [9.17, 15) is 0 Å². The Bertz CT molecular complexity index is 694. The van der Waals surface area contributed by atoms with Crippen molar-refractivity contribution in [1.29, 1.82) is 0 Å². The lowest BCUT2D eigenvalue weighted by Crippen LogP contribution is -2.46. The second kappa shape index (κ2) is 6.77. The van der Waals surface area contributed by atoms with Crippen molar-refractivity contribution in [1.82, 2.24) is 14.9 Å². The number of benzene rings is 1. The van der Waals surface area contributed by atoms with Gasteiger partial charge in [0.1, 0.15) is 5.82 Å². The van der Waals surface area contributed by atoms with E-state index in [4.69, 9.17) is 4.98 Å². The molecule has 0 bridgehead atoms. The van der Waals surface area contributed by atoms with Crippen molar-refractivity contribution in [3.8, 4) is 0 Å². The number of anilines is 2. The van der Waals surface area contributed by atoms with Crippen LogP contribution in [0.2, 0.25) is 0 Å². The Hall–Kier alpha value is -2.14. The van der Waals surface area contributed by atoms with Gasteiger partial charge in [-0.15, -0.1) is 0 Å². The first-order chi connectivity index (χ1) is 11.8. The molecule has 24 heavy (non-hydrogen) atoms. The van der Waals surface area contributed by atoms with Gasteiger partial charge in [-0.1, -0.05) is 31.2 Å². The standard InChI is InChI=1S/C19H25N5/c1-2-22-11-13-23(14-12-22)18-7-9-20-19(21-18)24-10-8-16-5-3-4-6-17(16)15-24/h3-7,9H,2,8,10-15H2,1H3. The summed E-state index contributed by atoms with van der Waals surface area (Å²) in [6.45, 7) is 9.59. The van der Waals surface area contributed by atoms with E-state index in [-0.39, 0.29) is 0 Å². The van der Waals surface area contributed by atoms with Gasteiger partial charge in [0.05, 0.1) is 0 Å². The molecule has 0 spiro atoms. The van der Waals surface area contributed by atoms with Crippen LogP contribution in [0.4, 0.5) is 11.8 Å². The third-order valence-electron chi connectivity index (χ3n) is 5.19. The van der Waals surface area contributed by atoms with E-state index in [1.807, 2.05) is 12.3 Å². The quantitative estimate of drug-likeness (QED) is 0.865. The zero-order valence-electron chi connectivity index (χ0n) is 14.4. The molecule has 2 aliphatic heterocycles. The van der Waals surface area contributed by atoms with Gasteiger partial charge in [0.2, 0.25) is 5.95 Å². The molecule has 0 saturated carbocycles. The second-order valence-electron chi connectivity index (χ2n) is 6.58. The fraction of sp³-hybridized carbons (Fsp3) is 0.474. The summed E-state index contributed by atoms with van der Waals surface area (Å²) in [5.41, 5.74) is 2.86. The summed E-state index contributed by atoms with van der Waals surface area (Å²) in [5, 5.41) is 0. The molecule has 0 aliphatic carbocycles. The van der Waals surface area contributed by atoms with Crippen LogP contribution in [-0.2, 0) is 13.0 Å². The highest BCUT2D eigenvalue weighted by Gasteiger charge is 2.21. The number of hydrogen-bond acceptors (Lipinski definition) is 5. The maximum absolute atomic E-state index is 4.87. The number of piperazine rings is 1. The van der Waals surface area contributed by atoms with Gasteiger partial charge in [0.15, 0.2) is 0 Å². The lowest BCUT2D eigenvalue weighted by Gasteiger charge is -2.35. The maximum Gasteiger partial charge on any atom is 0.227 e. The first-order valence-electron chi connectivity index (χ1n) is 8.95. The van der Waals surface area contributed by atoms with Gasteiger partial charge in [0.25, 0.3) is 0 Å². The zero-order chi connectivity index (χ0) is 16.4. The number of likely N-dealkylation sites (N-methyl/N-ethyl adjacent to an activating group) is 1. The lowest BCUT2D eigenvalue weighted by molar-refractivity contribution is 0.270. The monoisotopic (exact) mass is 323 g/mol. The summed E-state index contributed by atoms with van der Waals surface area (Å²) in [5.74, 6) is 1.93. The minimum Gasteiger partial charge on any atom is -0.354 e. The highest BCUT2D eigenvalue weighted by Crippen LogP contribution is 2.23. The third kappa shape index (κ3) is 3.08. The predicted octanol–water partition coefficient (Wildman–Crippen LogP) is 2.18. The molecule has 0 amide bonds. The average molecular weight is 323 g/mol. The summed E-state index contributed by atoms with van der Waals surface area (Å²) < 4.78 is 0. The Morgan fingerprint density at radius 1 is 0.917 bits per heavy atom. The van der Waals surface area contributed by atoms with Crippen molar-refractivity contribution in [2.75, 3.05) is 49.1 Å². The number of aromatic nitrogens is 2. The molecular weight excluding hydrogens is 298 g/mol. The first kappa shape index (κ1) is 15.4. The van der Waals surface area contributed by atoms with Crippen LogP contribution in [0.3, 0.4) is 0 Å². The van der Waals surface area contributed by atoms with Crippen LogP contribution in [0.5, 0.6) is 0 Å². The van der Waals surface area contributed by atoms with Gasteiger partial charge in [-0.05, 0) is 30.2 Å². The minimum atomic E-state index is 0.861. The fourth-order valence-corrected chi connectivity index (χ4v) is 3.63. The van der Waals surface area contributed by atoms with E-state index < -0.39 is 0 Å². The summed E-state index contributed by atoms with van der Waals surface area (Å²) in [6, 6.07) is 10.7. The number of hydrogen-bond donors (Lipinski definition) is 0. The normalized spacial score (nSPS) is 18.5. The molecule has 4 rings (SSSR count). The zero-order valence-corrected chi connectivity index (χ0v) is 14.4. The summed E-state index contributed by atoms with van der Waals surface area (Å²) in [6.07, 6.45) is 2.98. The summed E-state index contributed by atoms with van der Waals surface area (Å²) >= 11 is 0. The van der Waals surface area contributed by atoms with Gasteiger partial charge in [-0.2, -0.15) is 4.98 Å². The molecule has 1 fully saturated rings. The molecule has 1 aromatic heterocycles. The molecular formula is C19H25N5. The van der Waals surface area contributed by atoms with E-state index in [0.717, 1.165) is 64.0 Å². The number of rotatable bonds is 3. The molecule has 0 unspecified atom stereocenters. The van der Waals surface area contributed by atoms with Gasteiger partial charge >= 0.3 is 0 Å². The average Bonchev–Trinajstić information content (AvgIpc) is 2.68. The van der Waals surface area contributed by atoms with Gasteiger partial charge in [0, 0.05) is 45.5 Å². The molecule has 126 valence electrons. The van der Waals surface area contributed by atoms with Crippen LogP contribution in [0.15, 0.2) is 36.5 Å². The molecule has 1 saturated heterocycles. The SMILES string of the molecule is CCN1CCN(c2ccnc(N3CCc4ccccc4C3)n2)CC1. The van der Waals surface area contributed by atoms with Crippen molar-refractivity contribution < 1.29 is 0 Å². The van der Waals surface area contributed by atoms with Gasteiger partial charge in [-0.25, -0.2) is 4.98 Å². The maximum atomic E-state index is 4.87. The summed E-state index contributed by atoms with van der Waals surface area (Å²) in [4.78, 5) is 16.6. The highest BCUT2D eigenvalue weighted by atomic mass is 15.3. The van der Waals surface area contributed by atoms with E-state index >= 15 is 0 Å². The Labute approximate surface area is 143 Å². The summed E-state index contributed by atoms with van der Waals surface area (Å²) in [7, 11) is 0. The van der Waals surface area contributed by atoms with Crippen LogP contribution in [0.25, 0.3) is 0 Å². The molecule has 5 heteroatoms. The van der Waals surface area contributed by atoms with Crippen LogP contribution in [0.1, 0.15) is 18.1 Å². The van der Waals surface area contributed by atoms with Crippen molar-refractivity contribution in [2.24, 2.45) is 0 Å². The van der Waals surface area contributed by atoms with Crippen molar-refractivity contribution >= 4 is 11.8 Å². The first-order valence-corrected chi connectivity index (χ1v) is 8.95. The molecule has 0 radical (unpaired) electrons. The van der Waals surface area contributed by atoms with Crippen LogP contribution in [-0.4, -0.2) is 54.1 Å². The second-order valence-corrected chi connectivity index (χ2v) is 6.58. The molecule has 3 heterocycles. The molecule has 0 atom stereocenters. The Balaban J connectivity index is 1.49. The topological polar surface area (TPSA) is 35.5 Å². The van der Waals surface area contributed by atoms with E-state index in [1.165, 1.54) is 11.1 Å². The van der Waals surface area contributed by atoms with Crippen LogP contribution >= 0.6 is 0 Å². The lowest BCUT2D eigenvalue weighted by atomic mass is 10.0. The molecule has 5 nitrogen and oxygen atoms in total. The molecule has 0 N–H and O–H groups in total. The van der Waals surface area contributed by atoms with Crippen LogP contribution in [0, 0.1) is 0 Å². The molecule has 2 aromatic rings. The highest BCUT2D eigenvalue weighted by molar-refractivity contribution is 5.46. The van der Waals surface area contributed by atoms with E-state index in [2.05, 4.69) is 50.9 Å². The predicted molar refractivity (Wildman–Crippen MR) is 97.6 cm³/mol. The molecule has 1 aromatic carbocycles. The Morgan fingerprint density at radius 2 is 1.71 bits per heavy atom. The van der Waals surface area contributed by atoms with Gasteiger partial charge in [-0.3, -0.25) is 0 Å². The van der Waals surface area contributed by atoms with Crippen molar-refractivity contribution in [3.63, 3.8) is 0 Å². The van der Waals surface area contributed by atoms with Crippen LogP contribution < -0.4 is 9.80 Å². The Morgan fingerprint density at radius 3 is 2.50 bits per heavy atom.